The first-order chi connectivity index (χ1) is 16.1. The molecule has 0 aliphatic heterocycles. The number of allylic oxidation sites excluding steroid dienone is 1. The van der Waals surface area contributed by atoms with E-state index >= 15 is 0 Å². The number of H-pyrrole nitrogens is 1. The van der Waals surface area contributed by atoms with Crippen LogP contribution in [0.4, 0.5) is 0 Å². The normalized spacial score (nSPS) is 11.1. The number of aromatic amines is 1. The molecule has 0 aliphatic carbocycles. The van der Waals surface area contributed by atoms with Crippen molar-refractivity contribution < 1.29 is 19.0 Å². The van der Waals surface area contributed by atoms with Crippen LogP contribution < -0.4 is 9.47 Å². The van der Waals surface area contributed by atoms with Gasteiger partial charge in [0.15, 0.2) is 11.5 Å². The van der Waals surface area contributed by atoms with Crippen molar-refractivity contribution >= 4 is 28.7 Å². The summed E-state index contributed by atoms with van der Waals surface area (Å²) in [5.41, 5.74) is 4.23. The number of benzene rings is 3. The molecule has 0 aliphatic rings. The fourth-order valence-electron chi connectivity index (χ4n) is 3.31. The summed E-state index contributed by atoms with van der Waals surface area (Å²) in [6, 6.07) is 22.3. The van der Waals surface area contributed by atoms with Crippen LogP contribution in [-0.4, -0.2) is 30.2 Å². The Hall–Kier alpha value is -4.57. The van der Waals surface area contributed by atoms with Gasteiger partial charge in [0.25, 0.3) is 0 Å². The summed E-state index contributed by atoms with van der Waals surface area (Å²) in [5.74, 6) is 1.23. The van der Waals surface area contributed by atoms with Gasteiger partial charge in [-0.05, 0) is 53.6 Å². The molecule has 7 heteroatoms. The van der Waals surface area contributed by atoms with Crippen molar-refractivity contribution in [1.29, 1.82) is 5.26 Å². The number of ether oxygens (including phenoxy) is 3. The molecule has 0 atom stereocenters. The lowest BCUT2D eigenvalue weighted by molar-refractivity contribution is 0.0600. The van der Waals surface area contributed by atoms with Crippen LogP contribution in [0.2, 0.25) is 0 Å². The molecular weight excluding hydrogens is 418 g/mol. The molecule has 1 N–H and O–H groups in total. The second-order valence-corrected chi connectivity index (χ2v) is 7.16. The molecule has 0 spiro atoms. The van der Waals surface area contributed by atoms with E-state index in [0.29, 0.717) is 35.1 Å². The molecule has 7 nitrogen and oxygen atoms in total. The Kier molecular flexibility index (Phi) is 6.37. The van der Waals surface area contributed by atoms with E-state index in [1.54, 1.807) is 37.5 Å². The highest BCUT2D eigenvalue weighted by molar-refractivity contribution is 5.90. The van der Waals surface area contributed by atoms with E-state index in [9.17, 15) is 10.1 Å². The summed E-state index contributed by atoms with van der Waals surface area (Å²) >= 11 is 0. The van der Waals surface area contributed by atoms with E-state index in [1.165, 1.54) is 7.11 Å². The van der Waals surface area contributed by atoms with E-state index in [0.717, 1.165) is 22.2 Å². The van der Waals surface area contributed by atoms with Crippen LogP contribution in [0.3, 0.4) is 0 Å². The highest BCUT2D eigenvalue weighted by Gasteiger charge is 2.11. The number of carbonyl (C=O) groups excluding carboxylic acids is 1. The highest BCUT2D eigenvalue weighted by atomic mass is 16.5. The summed E-state index contributed by atoms with van der Waals surface area (Å²) in [6.07, 6.45) is 1.75. The number of para-hydroxylation sites is 2. The Morgan fingerprint density at radius 2 is 1.85 bits per heavy atom. The van der Waals surface area contributed by atoms with Crippen molar-refractivity contribution in [3.05, 3.63) is 89.2 Å². The number of carbonyl (C=O) groups is 1. The molecule has 1 aromatic heterocycles. The number of aromatic nitrogens is 2. The molecule has 0 bridgehead atoms. The Bertz CT molecular complexity index is 1330. The number of fused-ring (bicyclic) bond motifs is 1. The van der Waals surface area contributed by atoms with Crippen LogP contribution >= 0.6 is 0 Å². The average Bonchev–Trinajstić information content (AvgIpc) is 3.30. The van der Waals surface area contributed by atoms with Crippen LogP contribution in [0, 0.1) is 11.3 Å². The minimum Gasteiger partial charge on any atom is -0.493 e. The van der Waals surface area contributed by atoms with Gasteiger partial charge >= 0.3 is 5.97 Å². The number of esters is 1. The van der Waals surface area contributed by atoms with Gasteiger partial charge in [-0.1, -0.05) is 30.3 Å². The van der Waals surface area contributed by atoms with Gasteiger partial charge in [-0.15, -0.1) is 0 Å². The van der Waals surface area contributed by atoms with Gasteiger partial charge in [-0.25, -0.2) is 9.78 Å². The zero-order valence-corrected chi connectivity index (χ0v) is 18.2. The second kappa shape index (κ2) is 9.71. The number of imidazole rings is 1. The van der Waals surface area contributed by atoms with Crippen molar-refractivity contribution in [3.8, 4) is 17.6 Å². The van der Waals surface area contributed by atoms with Gasteiger partial charge in [0.05, 0.1) is 36.4 Å². The summed E-state index contributed by atoms with van der Waals surface area (Å²) in [5, 5.41) is 9.66. The molecule has 4 rings (SSSR count). The molecule has 0 saturated carbocycles. The number of methoxy groups -OCH3 is 2. The maximum atomic E-state index is 11.6. The molecular formula is C26H21N3O4. The summed E-state index contributed by atoms with van der Waals surface area (Å²) in [6.45, 7) is 0.301. The van der Waals surface area contributed by atoms with Gasteiger partial charge in [0.2, 0.25) is 0 Å². The van der Waals surface area contributed by atoms with Gasteiger partial charge in [0.1, 0.15) is 18.5 Å². The van der Waals surface area contributed by atoms with Crippen molar-refractivity contribution in [3.63, 3.8) is 0 Å². The number of nitrogens with zero attached hydrogens (tertiary/aromatic N) is 2. The third-order valence-electron chi connectivity index (χ3n) is 5.03. The number of nitrogens with one attached hydrogen (secondary N) is 1. The first-order valence-electron chi connectivity index (χ1n) is 10.2. The average molecular weight is 439 g/mol. The van der Waals surface area contributed by atoms with Gasteiger partial charge in [-0.3, -0.25) is 0 Å². The molecule has 1 heterocycles. The molecule has 33 heavy (non-hydrogen) atoms. The van der Waals surface area contributed by atoms with E-state index in [-0.39, 0.29) is 5.97 Å². The largest absolute Gasteiger partial charge is 0.493 e. The number of hydrogen-bond acceptors (Lipinski definition) is 6. The predicted molar refractivity (Wildman–Crippen MR) is 125 cm³/mol. The topological polar surface area (TPSA) is 97.2 Å². The predicted octanol–water partition coefficient (Wildman–Crippen LogP) is 5.00. The Morgan fingerprint density at radius 3 is 2.55 bits per heavy atom. The monoisotopic (exact) mass is 439 g/mol. The van der Waals surface area contributed by atoms with Crippen LogP contribution in [0.15, 0.2) is 66.7 Å². The Balaban J connectivity index is 1.52. The summed E-state index contributed by atoms with van der Waals surface area (Å²) in [7, 11) is 2.91. The van der Waals surface area contributed by atoms with Crippen LogP contribution in [0.25, 0.3) is 22.7 Å². The van der Waals surface area contributed by atoms with Gasteiger partial charge < -0.3 is 19.2 Å². The molecule has 3 aromatic carbocycles. The molecule has 4 aromatic rings. The van der Waals surface area contributed by atoms with E-state index in [4.69, 9.17) is 14.2 Å². The quantitative estimate of drug-likeness (QED) is 0.321. The summed E-state index contributed by atoms with van der Waals surface area (Å²) in [4.78, 5) is 19.2. The third-order valence-corrected chi connectivity index (χ3v) is 5.03. The fraction of sp³-hybridized carbons (Fsp3) is 0.115. The van der Waals surface area contributed by atoms with Crippen molar-refractivity contribution in [2.45, 2.75) is 6.61 Å². The first kappa shape index (κ1) is 21.7. The SMILES string of the molecule is COC(=O)c1ccc(COc2ccc(C=C(C#N)c3nc4ccccc4[nH]3)cc2OC)cc1. The lowest BCUT2D eigenvalue weighted by atomic mass is 10.1. The summed E-state index contributed by atoms with van der Waals surface area (Å²) < 4.78 is 16.1. The van der Waals surface area contributed by atoms with E-state index in [2.05, 4.69) is 16.0 Å². The van der Waals surface area contributed by atoms with Crippen LogP contribution in [0.1, 0.15) is 27.3 Å². The number of rotatable bonds is 7. The van der Waals surface area contributed by atoms with E-state index < -0.39 is 0 Å². The van der Waals surface area contributed by atoms with Crippen LogP contribution in [0.5, 0.6) is 11.5 Å². The van der Waals surface area contributed by atoms with Gasteiger partial charge in [0, 0.05) is 0 Å². The Labute approximate surface area is 190 Å². The lowest BCUT2D eigenvalue weighted by Gasteiger charge is -2.12. The minimum absolute atomic E-state index is 0.301. The molecule has 0 unspecified atom stereocenters. The zero-order chi connectivity index (χ0) is 23.2. The maximum absolute atomic E-state index is 11.6. The first-order valence-corrected chi connectivity index (χ1v) is 10.2. The second-order valence-electron chi connectivity index (χ2n) is 7.16. The van der Waals surface area contributed by atoms with Crippen molar-refractivity contribution in [2.75, 3.05) is 14.2 Å². The smallest absolute Gasteiger partial charge is 0.337 e. The molecule has 0 fully saturated rings. The lowest BCUT2D eigenvalue weighted by Crippen LogP contribution is -2.02. The van der Waals surface area contributed by atoms with Crippen LogP contribution in [-0.2, 0) is 11.3 Å². The van der Waals surface area contributed by atoms with E-state index in [1.807, 2.05) is 42.5 Å². The van der Waals surface area contributed by atoms with Crippen molar-refractivity contribution in [2.24, 2.45) is 0 Å². The molecule has 0 radical (unpaired) electrons. The fourth-order valence-corrected chi connectivity index (χ4v) is 3.31. The number of hydrogen-bond donors (Lipinski definition) is 1. The third kappa shape index (κ3) is 4.86. The minimum atomic E-state index is -0.382. The van der Waals surface area contributed by atoms with Gasteiger partial charge in [-0.2, -0.15) is 5.26 Å². The highest BCUT2D eigenvalue weighted by Crippen LogP contribution is 2.30. The molecule has 164 valence electrons. The number of nitriles is 1. The standard InChI is InChI=1S/C26H21N3O4/c1-31-24-14-18(13-20(15-27)25-28-21-5-3-4-6-22(21)29-25)9-12-23(24)33-16-17-7-10-19(11-8-17)26(30)32-2/h3-14H,16H2,1-2H3,(H,28,29). The molecule has 0 amide bonds. The Morgan fingerprint density at radius 1 is 1.06 bits per heavy atom. The zero-order valence-electron chi connectivity index (χ0n) is 18.2. The maximum Gasteiger partial charge on any atom is 0.337 e. The van der Waals surface area contributed by atoms with Crippen molar-refractivity contribution in [1.82, 2.24) is 9.97 Å². The molecule has 0 saturated heterocycles.